The van der Waals surface area contributed by atoms with Crippen LogP contribution in [0.2, 0.25) is 0 Å². The molecule has 0 aromatic heterocycles. The summed E-state index contributed by atoms with van der Waals surface area (Å²) in [7, 11) is 0. The Labute approximate surface area is 85.1 Å². The second-order valence-electron chi connectivity index (χ2n) is 0.101. The molecule has 7 heavy (non-hydrogen) atoms. The second-order valence-corrected chi connectivity index (χ2v) is 0.745. The molecule has 0 unspecified atom stereocenters. The van der Waals surface area contributed by atoms with Crippen molar-refractivity contribution in [3.05, 3.63) is 0 Å². The van der Waals surface area contributed by atoms with Crippen LogP contribution in [-0.4, -0.2) is 0 Å². The van der Waals surface area contributed by atoms with Crippen molar-refractivity contribution < 1.29 is 73.8 Å². The van der Waals surface area contributed by atoms with Crippen molar-refractivity contribution in [3.63, 3.8) is 0 Å². The minimum atomic E-state index is -1.83. The predicted octanol–water partition coefficient (Wildman–Crippen LogP) is -0.362. The maximum absolute atomic E-state index is 8.47. The van der Waals surface area contributed by atoms with Crippen LogP contribution in [0.15, 0.2) is 0 Å². The molecule has 0 N–H and O–H groups in total. The predicted molar refractivity (Wildman–Crippen MR) is 13.1 cm³/mol. The Balaban J connectivity index is -0.0000000400. The van der Waals surface area contributed by atoms with Gasteiger partial charge in [-0.05, 0) is 0 Å². The summed E-state index contributed by atoms with van der Waals surface area (Å²) in [5.41, 5.74) is 0. The third kappa shape index (κ3) is 69.4. The van der Waals surface area contributed by atoms with Crippen LogP contribution in [0.4, 0.5) is 0 Å². The van der Waals surface area contributed by atoms with Crippen molar-refractivity contribution in [2.24, 2.45) is 0 Å². The molecule has 4 nitrogen and oxygen atoms in total. The summed E-state index contributed by atoms with van der Waals surface area (Å²) in [5.74, 6) is 0. The summed E-state index contributed by atoms with van der Waals surface area (Å²) >= 11 is -3.67. The summed E-state index contributed by atoms with van der Waals surface area (Å²) in [4.78, 5) is 0. The van der Waals surface area contributed by atoms with Crippen LogP contribution in [0, 0.1) is 68.1 Å². The van der Waals surface area contributed by atoms with Gasteiger partial charge in [-0.15, -0.1) is 0 Å². The third-order valence-corrected chi connectivity index (χ3v) is 0. The first kappa shape index (κ1) is 16.0. The maximum atomic E-state index is 8.47. The quantitative estimate of drug-likeness (QED) is 0.495. The molecule has 0 aliphatic heterocycles. The zero-order valence-corrected chi connectivity index (χ0v) is 7.61. The van der Waals surface area contributed by atoms with E-state index in [4.69, 9.17) is 5.74 Å². The summed E-state index contributed by atoms with van der Waals surface area (Å²) in [5, 5.41) is 0. The Bertz CT molecular complexity index is 63.7. The van der Waals surface area contributed by atoms with Gasteiger partial charge in [-0.2, -0.15) is 13.5 Å². The first-order valence-corrected chi connectivity index (χ1v) is 3.65. The summed E-state index contributed by atoms with van der Waals surface area (Å²) < 4.78 is 33.9. The SMILES string of the molecule is S.[O]=[Ho]=[O].[O]=[Ho]=[O]. The Morgan fingerprint density at radius 1 is 0.714 bits per heavy atom. The van der Waals surface area contributed by atoms with Crippen LogP contribution in [0.1, 0.15) is 0 Å². The summed E-state index contributed by atoms with van der Waals surface area (Å²) in [6.07, 6.45) is 0. The number of hydrogen-bond donors (Lipinski definition) is 0. The molecule has 0 atom stereocenters. The monoisotopic (exact) mass is 428 g/mol. The Kier molecular flexibility index (Phi) is 55.8. The van der Waals surface area contributed by atoms with Crippen LogP contribution in [0.3, 0.4) is 0 Å². The molecule has 0 aromatic carbocycles. The molecule has 0 radical (unpaired) electrons. The van der Waals surface area contributed by atoms with E-state index in [-0.39, 0.29) is 13.5 Å². The molecule has 0 rings (SSSR count). The van der Waals surface area contributed by atoms with Gasteiger partial charge in [0.25, 0.3) is 0 Å². The molecule has 7 heteroatoms. The van der Waals surface area contributed by atoms with Crippen molar-refractivity contribution in [1.29, 1.82) is 0 Å². The Hall–Kier alpha value is 2.07. The molecule has 0 heterocycles. The van der Waals surface area contributed by atoms with Gasteiger partial charge >= 0.3 is 73.8 Å². The molecule has 0 saturated heterocycles. The zero-order valence-electron chi connectivity index (χ0n) is 2.74. The van der Waals surface area contributed by atoms with Crippen LogP contribution >= 0.6 is 13.5 Å². The van der Waals surface area contributed by atoms with E-state index in [0.29, 0.717) is 0 Å². The van der Waals surface area contributed by atoms with Crippen LogP contribution in [-0.2, 0) is 5.74 Å². The van der Waals surface area contributed by atoms with E-state index < -0.39 is 68.1 Å². The van der Waals surface area contributed by atoms with Crippen molar-refractivity contribution in [3.8, 4) is 0 Å². The first-order chi connectivity index (χ1) is 2.83. The van der Waals surface area contributed by atoms with Crippen molar-refractivity contribution in [2.45, 2.75) is 0 Å². The van der Waals surface area contributed by atoms with Gasteiger partial charge in [-0.1, -0.05) is 0 Å². The molecule has 54 valence electrons. The summed E-state index contributed by atoms with van der Waals surface area (Å²) in [6, 6.07) is 0. The standard InChI is InChI=1S/2Ho.4O.H2S/h;;;;;;1H2. The molecule has 0 spiro atoms. The fourth-order valence-electron chi connectivity index (χ4n) is 0. The van der Waals surface area contributed by atoms with Crippen LogP contribution in [0.5, 0.6) is 0 Å². The third-order valence-electron chi connectivity index (χ3n) is 0. The normalized spacial score (nSPS) is 5.71. The second kappa shape index (κ2) is 24.4. The fourth-order valence-corrected chi connectivity index (χ4v) is 0. The Morgan fingerprint density at radius 2 is 0.714 bits per heavy atom. The zero-order chi connectivity index (χ0) is 5.41. The van der Waals surface area contributed by atoms with E-state index in [9.17, 15) is 0 Å². The van der Waals surface area contributed by atoms with Crippen molar-refractivity contribution in [2.75, 3.05) is 0 Å². The van der Waals surface area contributed by atoms with Crippen molar-refractivity contribution >= 4 is 13.5 Å². The van der Waals surface area contributed by atoms with E-state index >= 15 is 0 Å². The average molecular weight is 428 g/mol. The molecule has 0 saturated carbocycles. The van der Waals surface area contributed by atoms with E-state index in [0.717, 1.165) is 0 Å². The molecule has 0 aromatic rings. The van der Waals surface area contributed by atoms with E-state index in [1.54, 1.807) is 0 Å². The number of hydrogen-bond acceptors (Lipinski definition) is 4. The van der Waals surface area contributed by atoms with Crippen LogP contribution in [0.25, 0.3) is 0 Å². The topological polar surface area (TPSA) is 68.3 Å². The summed E-state index contributed by atoms with van der Waals surface area (Å²) in [6.45, 7) is 0. The molecule has 0 amide bonds. The molecule has 0 aliphatic carbocycles. The average Bonchev–Trinajstić information content (AvgIpc) is 1.39. The van der Waals surface area contributed by atoms with Gasteiger partial charge in [-0.25, -0.2) is 0 Å². The minimum absolute atomic E-state index is 0. The van der Waals surface area contributed by atoms with Gasteiger partial charge in [0.1, 0.15) is 0 Å². The fraction of sp³-hybridized carbons (Fsp3) is 0. The Morgan fingerprint density at radius 3 is 0.714 bits per heavy atom. The number of rotatable bonds is 0. The van der Waals surface area contributed by atoms with Crippen molar-refractivity contribution in [1.82, 2.24) is 0 Å². The molecule has 0 aliphatic rings. The van der Waals surface area contributed by atoms with E-state index in [2.05, 4.69) is 0 Å². The van der Waals surface area contributed by atoms with E-state index in [1.807, 2.05) is 0 Å². The molecular formula is H2Ho2O4S. The van der Waals surface area contributed by atoms with Gasteiger partial charge in [0.2, 0.25) is 0 Å². The van der Waals surface area contributed by atoms with Crippen LogP contribution < -0.4 is 0 Å². The van der Waals surface area contributed by atoms with Gasteiger partial charge < -0.3 is 0 Å². The van der Waals surface area contributed by atoms with Gasteiger partial charge in [0.15, 0.2) is 0 Å². The van der Waals surface area contributed by atoms with Gasteiger partial charge in [-0.3, -0.25) is 0 Å². The first-order valence-electron chi connectivity index (χ1n) is 0.492. The van der Waals surface area contributed by atoms with Gasteiger partial charge in [0.05, 0.1) is 0 Å². The van der Waals surface area contributed by atoms with Gasteiger partial charge in [0, 0.05) is 0 Å². The molecule has 0 bridgehead atoms. The molecular weight excluding hydrogens is 426 g/mol. The molecule has 0 fully saturated rings. The van der Waals surface area contributed by atoms with E-state index in [1.165, 1.54) is 0 Å².